The number of hydrogen-bond donors (Lipinski definition) is 2. The zero-order chi connectivity index (χ0) is 14.1. The van der Waals surface area contributed by atoms with Crippen molar-refractivity contribution in [1.82, 2.24) is 5.32 Å². The third-order valence-corrected chi connectivity index (χ3v) is 2.40. The van der Waals surface area contributed by atoms with Gasteiger partial charge in [-0.05, 0) is 17.7 Å². The van der Waals surface area contributed by atoms with Crippen LogP contribution >= 0.6 is 0 Å². The van der Waals surface area contributed by atoms with Crippen molar-refractivity contribution >= 4 is 6.21 Å². The molecule has 1 unspecified atom stereocenters. The summed E-state index contributed by atoms with van der Waals surface area (Å²) in [6, 6.07) is 7.83. The van der Waals surface area contributed by atoms with E-state index in [0.29, 0.717) is 12.6 Å². The fourth-order valence-corrected chi connectivity index (χ4v) is 1.38. The molecular formula is C14H22N2O3. The van der Waals surface area contributed by atoms with Gasteiger partial charge in [-0.1, -0.05) is 31.1 Å². The van der Waals surface area contributed by atoms with E-state index in [2.05, 4.69) is 10.5 Å². The monoisotopic (exact) mass is 266 g/mol. The zero-order valence-corrected chi connectivity index (χ0v) is 11.7. The topological polar surface area (TPSA) is 63.1 Å². The average Bonchev–Trinajstić information content (AvgIpc) is 2.41. The van der Waals surface area contributed by atoms with Crippen LogP contribution in [0.1, 0.15) is 19.4 Å². The maximum Gasteiger partial charge on any atom is 0.144 e. The van der Waals surface area contributed by atoms with Crippen LogP contribution in [0, 0.1) is 0 Å². The average molecular weight is 266 g/mol. The number of aliphatic hydroxyl groups excluding tert-OH is 1. The molecule has 5 heteroatoms. The molecular weight excluding hydrogens is 244 g/mol. The van der Waals surface area contributed by atoms with Gasteiger partial charge in [-0.2, -0.15) is 0 Å². The van der Waals surface area contributed by atoms with Gasteiger partial charge in [0.15, 0.2) is 0 Å². The van der Waals surface area contributed by atoms with Gasteiger partial charge >= 0.3 is 0 Å². The Morgan fingerprint density at radius 2 is 2.21 bits per heavy atom. The Morgan fingerprint density at radius 3 is 2.89 bits per heavy atom. The maximum atomic E-state index is 9.60. The summed E-state index contributed by atoms with van der Waals surface area (Å²) in [5.74, 6) is 0.769. The molecule has 0 saturated carbocycles. The summed E-state index contributed by atoms with van der Waals surface area (Å²) in [6.07, 6.45) is 1.02. The van der Waals surface area contributed by atoms with Crippen molar-refractivity contribution in [3.63, 3.8) is 0 Å². The second kappa shape index (κ2) is 8.50. The van der Waals surface area contributed by atoms with Crippen LogP contribution in [0.15, 0.2) is 29.4 Å². The van der Waals surface area contributed by atoms with Gasteiger partial charge in [0.25, 0.3) is 0 Å². The Hall–Kier alpha value is -1.59. The van der Waals surface area contributed by atoms with Crippen LogP contribution in [0.3, 0.4) is 0 Å². The minimum atomic E-state index is -0.565. The van der Waals surface area contributed by atoms with E-state index in [0.717, 1.165) is 11.3 Å². The largest absolute Gasteiger partial charge is 0.497 e. The fourth-order valence-electron chi connectivity index (χ4n) is 1.38. The van der Waals surface area contributed by atoms with E-state index in [1.54, 1.807) is 13.3 Å². The van der Waals surface area contributed by atoms with Crippen molar-refractivity contribution in [3.8, 4) is 5.75 Å². The quantitative estimate of drug-likeness (QED) is 0.551. The first-order valence-electron chi connectivity index (χ1n) is 6.32. The first kappa shape index (κ1) is 15.5. The number of benzene rings is 1. The zero-order valence-electron chi connectivity index (χ0n) is 11.7. The van der Waals surface area contributed by atoms with E-state index in [9.17, 15) is 5.11 Å². The molecule has 0 bridgehead atoms. The van der Waals surface area contributed by atoms with E-state index in [4.69, 9.17) is 9.57 Å². The minimum Gasteiger partial charge on any atom is -0.497 e. The molecule has 0 saturated heterocycles. The molecule has 1 aromatic rings. The Balaban J connectivity index is 2.29. The van der Waals surface area contributed by atoms with E-state index < -0.39 is 6.10 Å². The number of hydrogen-bond acceptors (Lipinski definition) is 5. The van der Waals surface area contributed by atoms with E-state index in [1.807, 2.05) is 38.1 Å². The molecule has 19 heavy (non-hydrogen) atoms. The molecule has 0 aliphatic carbocycles. The van der Waals surface area contributed by atoms with Gasteiger partial charge in [-0.3, -0.25) is 0 Å². The van der Waals surface area contributed by atoms with Crippen LogP contribution in [0.25, 0.3) is 0 Å². The maximum absolute atomic E-state index is 9.60. The van der Waals surface area contributed by atoms with Gasteiger partial charge in [0, 0.05) is 12.6 Å². The molecule has 0 radical (unpaired) electrons. The lowest BCUT2D eigenvalue weighted by atomic mass is 10.2. The van der Waals surface area contributed by atoms with Gasteiger partial charge in [-0.25, -0.2) is 0 Å². The van der Waals surface area contributed by atoms with Crippen molar-refractivity contribution in [2.75, 3.05) is 20.3 Å². The highest BCUT2D eigenvalue weighted by Gasteiger charge is 2.04. The summed E-state index contributed by atoms with van der Waals surface area (Å²) in [5, 5.41) is 16.5. The second-order valence-corrected chi connectivity index (χ2v) is 4.52. The van der Waals surface area contributed by atoms with E-state index >= 15 is 0 Å². The third-order valence-electron chi connectivity index (χ3n) is 2.40. The predicted molar refractivity (Wildman–Crippen MR) is 75.7 cm³/mol. The SMILES string of the molecule is COc1cccc(/C=N/OCC(O)CNC(C)C)c1. The fraction of sp³-hybridized carbons (Fsp3) is 0.500. The molecule has 0 amide bonds. The Bertz CT molecular complexity index is 394. The van der Waals surface area contributed by atoms with Crippen molar-refractivity contribution in [2.45, 2.75) is 26.0 Å². The summed E-state index contributed by atoms with van der Waals surface area (Å²) >= 11 is 0. The molecule has 0 heterocycles. The standard InChI is InChI=1S/C14H22N2O3/c1-11(2)15-9-13(17)10-19-16-8-12-5-4-6-14(7-12)18-3/h4-8,11,13,15,17H,9-10H2,1-3H3/b16-8+. The molecule has 0 fully saturated rings. The van der Waals surface area contributed by atoms with Crippen LogP contribution in [0.5, 0.6) is 5.75 Å². The molecule has 1 atom stereocenters. The number of rotatable bonds is 8. The van der Waals surface area contributed by atoms with Crippen LogP contribution in [-0.4, -0.2) is 43.7 Å². The summed E-state index contributed by atoms with van der Waals surface area (Å²) in [6.45, 7) is 4.70. The molecule has 106 valence electrons. The molecule has 1 rings (SSSR count). The van der Waals surface area contributed by atoms with Gasteiger partial charge < -0.3 is 20.0 Å². The van der Waals surface area contributed by atoms with Crippen molar-refractivity contribution in [1.29, 1.82) is 0 Å². The molecule has 0 spiro atoms. The van der Waals surface area contributed by atoms with Gasteiger partial charge in [-0.15, -0.1) is 0 Å². The van der Waals surface area contributed by atoms with Crippen LogP contribution < -0.4 is 10.1 Å². The normalized spacial score (nSPS) is 12.9. The highest BCUT2D eigenvalue weighted by atomic mass is 16.6. The first-order chi connectivity index (χ1) is 9.11. The van der Waals surface area contributed by atoms with Gasteiger partial charge in [0.2, 0.25) is 0 Å². The predicted octanol–water partition coefficient (Wildman–Crippen LogP) is 1.40. The smallest absolute Gasteiger partial charge is 0.144 e. The summed E-state index contributed by atoms with van der Waals surface area (Å²) < 4.78 is 5.10. The second-order valence-electron chi connectivity index (χ2n) is 4.52. The van der Waals surface area contributed by atoms with Crippen LogP contribution in [0.2, 0.25) is 0 Å². The summed E-state index contributed by atoms with van der Waals surface area (Å²) in [4.78, 5) is 5.04. The lowest BCUT2D eigenvalue weighted by molar-refractivity contribution is 0.0401. The highest BCUT2D eigenvalue weighted by Crippen LogP contribution is 2.10. The Morgan fingerprint density at radius 1 is 1.42 bits per heavy atom. The lowest BCUT2D eigenvalue weighted by Gasteiger charge is -2.12. The third kappa shape index (κ3) is 6.79. The van der Waals surface area contributed by atoms with Crippen molar-refractivity contribution in [2.24, 2.45) is 5.16 Å². The van der Waals surface area contributed by atoms with E-state index in [-0.39, 0.29) is 6.61 Å². The number of nitrogens with zero attached hydrogens (tertiary/aromatic N) is 1. The number of methoxy groups -OCH3 is 1. The summed E-state index contributed by atoms with van der Waals surface area (Å²) in [5.41, 5.74) is 0.883. The number of ether oxygens (including phenoxy) is 1. The van der Waals surface area contributed by atoms with Crippen molar-refractivity contribution < 1.29 is 14.7 Å². The van der Waals surface area contributed by atoms with Gasteiger partial charge in [0.05, 0.1) is 13.3 Å². The van der Waals surface area contributed by atoms with E-state index in [1.165, 1.54) is 0 Å². The molecule has 0 aliphatic heterocycles. The highest BCUT2D eigenvalue weighted by molar-refractivity contribution is 5.79. The van der Waals surface area contributed by atoms with Crippen LogP contribution in [0.4, 0.5) is 0 Å². The summed E-state index contributed by atoms with van der Waals surface area (Å²) in [7, 11) is 1.62. The first-order valence-corrected chi connectivity index (χ1v) is 6.32. The van der Waals surface area contributed by atoms with Gasteiger partial charge in [0.1, 0.15) is 18.5 Å². The van der Waals surface area contributed by atoms with Crippen LogP contribution in [-0.2, 0) is 4.84 Å². The molecule has 0 aliphatic rings. The Labute approximate surface area is 114 Å². The van der Waals surface area contributed by atoms with Crippen molar-refractivity contribution in [3.05, 3.63) is 29.8 Å². The minimum absolute atomic E-state index is 0.167. The molecule has 1 aromatic carbocycles. The molecule has 2 N–H and O–H groups in total. The number of nitrogens with one attached hydrogen (secondary N) is 1. The number of aliphatic hydroxyl groups is 1. The number of oxime groups is 1. The molecule has 5 nitrogen and oxygen atoms in total. The molecule has 0 aromatic heterocycles. The lowest BCUT2D eigenvalue weighted by Crippen LogP contribution is -2.34. The Kier molecular flexibility index (Phi) is 6.92.